The number of aliphatic hydroxyl groups is 1. The van der Waals surface area contributed by atoms with Gasteiger partial charge in [0.2, 0.25) is 0 Å². The molecule has 0 radical (unpaired) electrons. The molecule has 0 aliphatic carbocycles. The number of nitrogens with zero attached hydrogens (tertiary/aromatic N) is 6. The average molecular weight is 782 g/mol. The van der Waals surface area contributed by atoms with E-state index in [0.717, 1.165) is 49.4 Å². The fourth-order valence-corrected chi connectivity index (χ4v) is 9.06. The van der Waals surface area contributed by atoms with Gasteiger partial charge >= 0.3 is 6.01 Å². The third-order valence-corrected chi connectivity index (χ3v) is 11.2. The van der Waals surface area contributed by atoms with Gasteiger partial charge in [0.1, 0.15) is 28.2 Å². The van der Waals surface area contributed by atoms with Crippen LogP contribution in [0.25, 0.3) is 22.3 Å². The van der Waals surface area contributed by atoms with E-state index in [1.54, 1.807) is 21.0 Å². The Labute approximate surface area is 328 Å². The number of fused-ring (bicyclic) bond motifs is 5. The molecule has 3 unspecified atom stereocenters. The highest BCUT2D eigenvalue weighted by Gasteiger charge is 2.43. The molecule has 3 aliphatic heterocycles. The van der Waals surface area contributed by atoms with Gasteiger partial charge < -0.3 is 34.9 Å². The number of piperazine rings is 1. The van der Waals surface area contributed by atoms with Gasteiger partial charge in [-0.1, -0.05) is 46.8 Å². The van der Waals surface area contributed by atoms with Crippen LogP contribution in [0.3, 0.4) is 0 Å². The lowest BCUT2D eigenvalue weighted by Gasteiger charge is -2.42. The van der Waals surface area contributed by atoms with Gasteiger partial charge in [-0.15, -0.1) is 11.3 Å². The summed E-state index contributed by atoms with van der Waals surface area (Å²) in [4.78, 5) is 16.6. The average Bonchev–Trinajstić information content (AvgIpc) is 3.82. The highest BCUT2D eigenvalue weighted by Crippen LogP contribution is 2.48. The van der Waals surface area contributed by atoms with Crippen molar-refractivity contribution in [2.75, 3.05) is 70.7 Å². The van der Waals surface area contributed by atoms with E-state index in [1.165, 1.54) is 12.5 Å². The number of rotatable bonds is 14. The van der Waals surface area contributed by atoms with E-state index in [2.05, 4.69) is 55.0 Å². The fraction of sp³-hybridized carbons (Fsp3) is 0.585. The van der Waals surface area contributed by atoms with Gasteiger partial charge in [0.15, 0.2) is 5.82 Å². The largest absolute Gasteiger partial charge is 0.463 e. The van der Waals surface area contributed by atoms with Crippen molar-refractivity contribution in [3.63, 3.8) is 0 Å². The SMILES string of the molecule is C=C(c1c(/C(F)=C\C)sc(N)c1C#N)c1c2c(c3c(N4C5CCC4CN(CC(C)O)C5)nc(OCC(C)(C)CN(C)CCOC)nc3c1F)COC2.CCC. The first kappa shape index (κ1) is 42.4. The number of halogens is 2. The third-order valence-electron chi connectivity index (χ3n) is 10.2. The molecule has 2 aromatic heterocycles. The highest BCUT2D eigenvalue weighted by molar-refractivity contribution is 7.17. The summed E-state index contributed by atoms with van der Waals surface area (Å²) in [6.07, 6.45) is 3.93. The minimum absolute atomic E-state index is 0.0471. The topological polar surface area (TPSA) is 133 Å². The van der Waals surface area contributed by atoms with Crippen LogP contribution in [-0.2, 0) is 22.7 Å². The lowest BCUT2D eigenvalue weighted by atomic mass is 9.88. The molecule has 3 aromatic rings. The minimum Gasteiger partial charge on any atom is -0.463 e. The smallest absolute Gasteiger partial charge is 0.319 e. The Hall–Kier alpha value is -3.71. The molecule has 6 rings (SSSR count). The van der Waals surface area contributed by atoms with E-state index in [0.29, 0.717) is 36.5 Å². The molecule has 14 heteroatoms. The van der Waals surface area contributed by atoms with Crippen LogP contribution in [0.4, 0.5) is 19.6 Å². The van der Waals surface area contributed by atoms with Crippen molar-refractivity contribution in [1.82, 2.24) is 19.8 Å². The number of benzene rings is 1. The molecule has 0 amide bonds. The Morgan fingerprint density at radius 1 is 1.22 bits per heavy atom. The van der Waals surface area contributed by atoms with Crippen LogP contribution in [0.2, 0.25) is 0 Å². The lowest BCUT2D eigenvalue weighted by molar-refractivity contribution is 0.101. The van der Waals surface area contributed by atoms with E-state index < -0.39 is 17.7 Å². The van der Waals surface area contributed by atoms with Crippen molar-refractivity contribution in [3.8, 4) is 12.1 Å². The summed E-state index contributed by atoms with van der Waals surface area (Å²) in [7, 11) is 3.70. The molecule has 2 bridgehead atoms. The monoisotopic (exact) mass is 781 g/mol. The Kier molecular flexibility index (Phi) is 13.9. The maximum absolute atomic E-state index is 17.5. The number of aromatic nitrogens is 2. The number of aliphatic hydroxyl groups excluding tert-OH is 1. The molecule has 1 aromatic carbocycles. The molecule has 300 valence electrons. The molecule has 11 nitrogen and oxygen atoms in total. The number of nitrogens with two attached hydrogens (primary N) is 1. The number of β-amino-alcohol motifs (C(OH)–C–C–N with tert-alkyl or cyclic N) is 1. The Morgan fingerprint density at radius 3 is 2.47 bits per heavy atom. The van der Waals surface area contributed by atoms with Crippen LogP contribution < -0.4 is 15.4 Å². The molecule has 2 saturated heterocycles. The van der Waals surface area contributed by atoms with Crippen molar-refractivity contribution in [1.29, 1.82) is 5.26 Å². The van der Waals surface area contributed by atoms with Crippen molar-refractivity contribution in [2.24, 2.45) is 5.41 Å². The van der Waals surface area contributed by atoms with Crippen LogP contribution in [0.15, 0.2) is 12.7 Å². The van der Waals surface area contributed by atoms with Crippen LogP contribution in [0.5, 0.6) is 6.01 Å². The lowest BCUT2D eigenvalue weighted by Crippen LogP contribution is -2.55. The second kappa shape index (κ2) is 18.0. The van der Waals surface area contributed by atoms with Crippen LogP contribution >= 0.6 is 11.3 Å². The van der Waals surface area contributed by atoms with Gasteiger partial charge in [-0.2, -0.15) is 15.2 Å². The Bertz CT molecular complexity index is 1930. The van der Waals surface area contributed by atoms with Crippen molar-refractivity contribution in [3.05, 3.63) is 51.2 Å². The van der Waals surface area contributed by atoms with Crippen LogP contribution in [-0.4, -0.2) is 103 Å². The molecular weight excluding hydrogens is 725 g/mol. The van der Waals surface area contributed by atoms with Crippen molar-refractivity contribution in [2.45, 2.75) is 92.2 Å². The van der Waals surface area contributed by atoms with Crippen molar-refractivity contribution >= 4 is 44.5 Å². The molecular formula is C41H57F2N7O4S. The van der Waals surface area contributed by atoms with E-state index in [4.69, 9.17) is 29.9 Å². The number of likely N-dealkylation sites (tertiary alicyclic amines) is 1. The summed E-state index contributed by atoms with van der Waals surface area (Å²) < 4.78 is 50.3. The quantitative estimate of drug-likeness (QED) is 0.173. The standard InChI is InChI=1S/C38H49F2N7O4S.C3H8/c1-8-28(39)34-30(25(13-41)35(42)52-34)22(3)29-26-17-50-18-27(26)31-33(32(29)40)43-37(51-20-38(4,5)19-45(6)11-12-49-7)44-36(31)47-23-9-10-24(47)16-46(15-23)14-21(2)48;1-3-2/h8,21,23-24,48H,3,9-12,14-20,42H2,1-2,4-7H3;3H2,1-2H3/b28-8+;. The van der Waals surface area contributed by atoms with Crippen LogP contribution in [0, 0.1) is 22.6 Å². The fourth-order valence-electron chi connectivity index (χ4n) is 8.05. The second-order valence-electron chi connectivity index (χ2n) is 15.7. The molecule has 3 aliphatic rings. The van der Waals surface area contributed by atoms with Gasteiger partial charge in [0.25, 0.3) is 0 Å². The zero-order chi connectivity index (χ0) is 40.2. The van der Waals surface area contributed by atoms with Gasteiger partial charge in [0, 0.05) is 68.5 Å². The number of allylic oxidation sites excluding steroid dienone is 1. The van der Waals surface area contributed by atoms with Crippen LogP contribution in [0.1, 0.15) is 93.5 Å². The van der Waals surface area contributed by atoms with Gasteiger partial charge in [0.05, 0.1) is 48.4 Å². The maximum atomic E-state index is 17.5. The number of likely N-dealkylation sites (N-methyl/N-ethyl adjacent to an activating group) is 1. The second-order valence-corrected chi connectivity index (χ2v) is 16.8. The Morgan fingerprint density at radius 2 is 1.87 bits per heavy atom. The molecule has 3 atom stereocenters. The van der Waals surface area contributed by atoms with Crippen molar-refractivity contribution < 1.29 is 28.1 Å². The van der Waals surface area contributed by atoms with Gasteiger partial charge in [-0.05, 0) is 50.4 Å². The number of hydrogen-bond donors (Lipinski definition) is 2. The number of nitriles is 1. The molecule has 3 N–H and O–H groups in total. The summed E-state index contributed by atoms with van der Waals surface area (Å²) in [5.41, 5.74) is 7.67. The Balaban J connectivity index is 0.00000187. The molecule has 0 spiro atoms. The summed E-state index contributed by atoms with van der Waals surface area (Å²) in [6, 6.07) is 2.30. The first-order chi connectivity index (χ1) is 26.2. The number of ether oxygens (including phenoxy) is 3. The zero-order valence-electron chi connectivity index (χ0n) is 33.6. The summed E-state index contributed by atoms with van der Waals surface area (Å²) in [5, 5.41) is 20.9. The maximum Gasteiger partial charge on any atom is 0.319 e. The third kappa shape index (κ3) is 8.98. The summed E-state index contributed by atoms with van der Waals surface area (Å²) in [5.74, 6) is -0.656. The number of nitrogen functional groups attached to an aromatic ring is 1. The normalized spacial score (nSPS) is 19.0. The predicted molar refractivity (Wildman–Crippen MR) is 216 cm³/mol. The summed E-state index contributed by atoms with van der Waals surface area (Å²) in [6.45, 7) is 20.7. The minimum atomic E-state index is -0.670. The van der Waals surface area contributed by atoms with Gasteiger partial charge in [-0.3, -0.25) is 4.90 Å². The first-order valence-corrected chi connectivity index (χ1v) is 20.0. The van der Waals surface area contributed by atoms with Gasteiger partial charge in [-0.25, -0.2) is 8.78 Å². The molecule has 55 heavy (non-hydrogen) atoms. The summed E-state index contributed by atoms with van der Waals surface area (Å²) >= 11 is 0.931. The predicted octanol–water partition coefficient (Wildman–Crippen LogP) is 7.14. The highest BCUT2D eigenvalue weighted by atomic mass is 32.1. The zero-order valence-corrected chi connectivity index (χ0v) is 34.4. The number of methoxy groups -OCH3 is 1. The number of thiophene rings is 1. The molecule has 2 fully saturated rings. The van der Waals surface area contributed by atoms with E-state index in [-0.39, 0.29) is 81.0 Å². The van der Waals surface area contributed by atoms with E-state index in [1.807, 2.05) is 7.05 Å². The van der Waals surface area contributed by atoms with E-state index in [9.17, 15) is 10.4 Å². The molecule has 5 heterocycles. The number of anilines is 2. The number of hydrogen-bond acceptors (Lipinski definition) is 12. The van der Waals surface area contributed by atoms with E-state index >= 15 is 8.78 Å². The first-order valence-electron chi connectivity index (χ1n) is 19.2. The molecule has 0 saturated carbocycles.